The maximum atomic E-state index is 12.5. The van der Waals surface area contributed by atoms with Crippen molar-refractivity contribution in [1.82, 2.24) is 24.4 Å². The third-order valence-electron chi connectivity index (χ3n) is 4.48. The Bertz CT molecular complexity index is 1070. The van der Waals surface area contributed by atoms with Crippen molar-refractivity contribution >= 4 is 5.65 Å². The summed E-state index contributed by atoms with van der Waals surface area (Å²) < 4.78 is 3.42. The van der Waals surface area contributed by atoms with Crippen molar-refractivity contribution in [2.75, 3.05) is 0 Å². The Morgan fingerprint density at radius 2 is 2.00 bits per heavy atom. The molecule has 0 amide bonds. The molecule has 25 heavy (non-hydrogen) atoms. The first kappa shape index (κ1) is 15.4. The van der Waals surface area contributed by atoms with Gasteiger partial charge in [-0.2, -0.15) is 5.10 Å². The van der Waals surface area contributed by atoms with Crippen LogP contribution in [0.15, 0.2) is 59.7 Å². The number of aryl methyl sites for hydroxylation is 1. The van der Waals surface area contributed by atoms with Gasteiger partial charge in [-0.15, -0.1) is 0 Å². The third-order valence-corrected chi connectivity index (χ3v) is 4.48. The number of aromatic amines is 1. The lowest BCUT2D eigenvalue weighted by Gasteiger charge is -2.12. The van der Waals surface area contributed by atoms with Crippen molar-refractivity contribution < 1.29 is 0 Å². The highest BCUT2D eigenvalue weighted by Gasteiger charge is 2.15. The molecular formula is C19H19N5O. The van der Waals surface area contributed by atoms with Crippen molar-refractivity contribution in [1.29, 1.82) is 0 Å². The fourth-order valence-electron chi connectivity index (χ4n) is 3.02. The summed E-state index contributed by atoms with van der Waals surface area (Å²) >= 11 is 0. The summed E-state index contributed by atoms with van der Waals surface area (Å²) in [4.78, 5) is 17.3. The summed E-state index contributed by atoms with van der Waals surface area (Å²) in [6.07, 6.45) is 3.61. The standard InChI is InChI=1S/C19H19N5O/c1-13(12-23-14(2)8-9-20-23)17-10-18(25)24-19(22-17)16(11-21-24)15-6-4-3-5-7-15/h3-11,13,21H,12H2,1-2H3. The van der Waals surface area contributed by atoms with Gasteiger partial charge in [-0.3, -0.25) is 14.6 Å². The number of hydrogen-bond acceptors (Lipinski definition) is 3. The molecule has 0 radical (unpaired) electrons. The van der Waals surface area contributed by atoms with E-state index in [1.165, 1.54) is 4.52 Å². The van der Waals surface area contributed by atoms with Crippen LogP contribution in [0.3, 0.4) is 0 Å². The molecule has 0 aliphatic heterocycles. The second kappa shape index (κ2) is 6.05. The topological polar surface area (TPSA) is 68.0 Å². The lowest BCUT2D eigenvalue weighted by atomic mass is 10.1. The summed E-state index contributed by atoms with van der Waals surface area (Å²) in [6.45, 7) is 4.77. The van der Waals surface area contributed by atoms with Gasteiger partial charge in [-0.1, -0.05) is 37.3 Å². The van der Waals surface area contributed by atoms with E-state index in [0.717, 1.165) is 22.5 Å². The van der Waals surface area contributed by atoms with E-state index in [4.69, 9.17) is 4.98 Å². The minimum atomic E-state index is -0.105. The number of fused-ring (bicyclic) bond motifs is 1. The molecular weight excluding hydrogens is 314 g/mol. The summed E-state index contributed by atoms with van der Waals surface area (Å²) in [5, 5.41) is 7.32. The van der Waals surface area contributed by atoms with E-state index in [1.807, 2.05) is 54.2 Å². The van der Waals surface area contributed by atoms with E-state index in [2.05, 4.69) is 17.1 Å². The molecule has 1 aromatic carbocycles. The Kier molecular flexibility index (Phi) is 3.72. The average Bonchev–Trinajstić information content (AvgIpc) is 3.22. The first-order valence-electron chi connectivity index (χ1n) is 8.28. The molecule has 3 aromatic heterocycles. The van der Waals surface area contributed by atoms with Gasteiger partial charge in [0.2, 0.25) is 0 Å². The van der Waals surface area contributed by atoms with E-state index < -0.39 is 0 Å². The molecule has 0 aliphatic carbocycles. The van der Waals surface area contributed by atoms with Crippen LogP contribution in [0.2, 0.25) is 0 Å². The highest BCUT2D eigenvalue weighted by Crippen LogP contribution is 2.23. The van der Waals surface area contributed by atoms with E-state index in [-0.39, 0.29) is 11.5 Å². The summed E-state index contributed by atoms with van der Waals surface area (Å²) in [7, 11) is 0. The second-order valence-corrected chi connectivity index (χ2v) is 6.29. The number of aromatic nitrogens is 5. The van der Waals surface area contributed by atoms with E-state index in [1.54, 1.807) is 12.3 Å². The van der Waals surface area contributed by atoms with Gasteiger partial charge in [0, 0.05) is 42.2 Å². The van der Waals surface area contributed by atoms with Crippen LogP contribution in [0.5, 0.6) is 0 Å². The van der Waals surface area contributed by atoms with E-state index in [9.17, 15) is 4.79 Å². The van der Waals surface area contributed by atoms with Crippen LogP contribution in [0.1, 0.15) is 24.2 Å². The second-order valence-electron chi connectivity index (χ2n) is 6.29. The molecule has 0 aliphatic rings. The molecule has 6 heteroatoms. The van der Waals surface area contributed by atoms with Gasteiger partial charge in [-0.05, 0) is 18.6 Å². The lowest BCUT2D eigenvalue weighted by molar-refractivity contribution is 0.523. The van der Waals surface area contributed by atoms with E-state index in [0.29, 0.717) is 12.2 Å². The first-order valence-corrected chi connectivity index (χ1v) is 8.28. The summed E-state index contributed by atoms with van der Waals surface area (Å²) in [5.74, 6) is 0.0785. The van der Waals surface area contributed by atoms with Crippen LogP contribution >= 0.6 is 0 Å². The Morgan fingerprint density at radius 3 is 2.72 bits per heavy atom. The van der Waals surface area contributed by atoms with Gasteiger partial charge < -0.3 is 0 Å². The largest absolute Gasteiger partial charge is 0.296 e. The summed E-state index contributed by atoms with van der Waals surface area (Å²) in [5.41, 5.74) is 4.36. The fourth-order valence-corrected chi connectivity index (χ4v) is 3.02. The van der Waals surface area contributed by atoms with Crippen molar-refractivity contribution in [2.45, 2.75) is 26.3 Å². The quantitative estimate of drug-likeness (QED) is 0.624. The van der Waals surface area contributed by atoms with Crippen molar-refractivity contribution in [3.8, 4) is 11.1 Å². The minimum Gasteiger partial charge on any atom is -0.296 e. The molecule has 1 N–H and O–H groups in total. The van der Waals surface area contributed by atoms with Gasteiger partial charge in [-0.25, -0.2) is 9.50 Å². The molecule has 3 heterocycles. The number of nitrogens with one attached hydrogen (secondary N) is 1. The smallest absolute Gasteiger partial charge is 0.272 e. The van der Waals surface area contributed by atoms with Crippen molar-refractivity contribution in [3.05, 3.63) is 76.6 Å². The SMILES string of the molecule is Cc1ccnn1CC(C)c1cc(=O)n2[nH]cc(-c3ccccc3)c2n1. The highest BCUT2D eigenvalue weighted by atomic mass is 16.1. The highest BCUT2D eigenvalue weighted by molar-refractivity contribution is 5.76. The number of nitrogens with zero attached hydrogens (tertiary/aromatic N) is 4. The summed E-state index contributed by atoms with van der Waals surface area (Å²) in [6, 6.07) is 13.5. The zero-order valence-electron chi connectivity index (χ0n) is 14.2. The normalized spacial score (nSPS) is 12.6. The monoisotopic (exact) mass is 333 g/mol. The van der Waals surface area contributed by atoms with Crippen LogP contribution in [0.4, 0.5) is 0 Å². The van der Waals surface area contributed by atoms with E-state index >= 15 is 0 Å². The maximum Gasteiger partial charge on any atom is 0.272 e. The van der Waals surface area contributed by atoms with Gasteiger partial charge >= 0.3 is 0 Å². The molecule has 0 saturated carbocycles. The minimum absolute atomic E-state index is 0.0785. The Labute approximate surface area is 144 Å². The van der Waals surface area contributed by atoms with Crippen LogP contribution in [-0.2, 0) is 6.54 Å². The predicted octanol–water partition coefficient (Wildman–Crippen LogP) is 3.00. The number of hydrogen-bond donors (Lipinski definition) is 1. The molecule has 126 valence electrons. The molecule has 4 rings (SSSR count). The molecule has 0 bridgehead atoms. The van der Waals surface area contributed by atoms with Crippen LogP contribution in [-0.4, -0.2) is 24.4 Å². The molecule has 0 spiro atoms. The Balaban J connectivity index is 1.78. The van der Waals surface area contributed by atoms with Crippen molar-refractivity contribution in [3.63, 3.8) is 0 Å². The van der Waals surface area contributed by atoms with Gasteiger partial charge in [0.15, 0.2) is 5.65 Å². The maximum absolute atomic E-state index is 12.5. The Morgan fingerprint density at radius 1 is 1.20 bits per heavy atom. The predicted molar refractivity (Wildman–Crippen MR) is 96.6 cm³/mol. The Hall–Kier alpha value is -3.15. The van der Waals surface area contributed by atoms with Crippen LogP contribution < -0.4 is 5.56 Å². The third kappa shape index (κ3) is 2.76. The average molecular weight is 333 g/mol. The zero-order valence-corrected chi connectivity index (χ0v) is 14.2. The molecule has 6 nitrogen and oxygen atoms in total. The lowest BCUT2D eigenvalue weighted by Crippen LogP contribution is -2.18. The number of rotatable bonds is 4. The van der Waals surface area contributed by atoms with Gasteiger partial charge in [0.05, 0.1) is 5.69 Å². The molecule has 0 saturated heterocycles. The number of benzene rings is 1. The number of H-pyrrole nitrogens is 1. The first-order chi connectivity index (χ1) is 12.1. The van der Waals surface area contributed by atoms with Crippen molar-refractivity contribution in [2.24, 2.45) is 0 Å². The van der Waals surface area contributed by atoms with Crippen LogP contribution in [0.25, 0.3) is 16.8 Å². The fraction of sp³-hybridized carbons (Fsp3) is 0.211. The van der Waals surface area contributed by atoms with Crippen LogP contribution in [0, 0.1) is 6.92 Å². The molecule has 1 unspecified atom stereocenters. The zero-order chi connectivity index (χ0) is 17.4. The molecule has 1 atom stereocenters. The molecule has 0 fully saturated rings. The molecule has 4 aromatic rings. The van der Waals surface area contributed by atoms with Gasteiger partial charge in [0.25, 0.3) is 5.56 Å². The van der Waals surface area contributed by atoms with Gasteiger partial charge in [0.1, 0.15) is 0 Å².